The van der Waals surface area contributed by atoms with Gasteiger partial charge in [-0.25, -0.2) is 9.97 Å². The number of hydrogen-bond donors (Lipinski definition) is 1. The molecule has 92 valence electrons. The lowest BCUT2D eigenvalue weighted by molar-refractivity contribution is 0.920. The van der Waals surface area contributed by atoms with Crippen molar-refractivity contribution in [3.8, 4) is 0 Å². The summed E-state index contributed by atoms with van der Waals surface area (Å²) >= 11 is 3.22. The molecule has 4 nitrogen and oxygen atoms in total. The van der Waals surface area contributed by atoms with Crippen molar-refractivity contribution >= 4 is 28.7 Å². The lowest BCUT2D eigenvalue weighted by Crippen LogP contribution is -2.01. The zero-order chi connectivity index (χ0) is 12.5. The van der Waals surface area contributed by atoms with Gasteiger partial charge in [0.15, 0.2) is 4.34 Å². The minimum Gasteiger partial charge on any atom is -0.325 e. The van der Waals surface area contributed by atoms with E-state index in [1.807, 2.05) is 41.1 Å². The highest BCUT2D eigenvalue weighted by molar-refractivity contribution is 8.01. The van der Waals surface area contributed by atoms with E-state index in [0.717, 1.165) is 26.4 Å². The number of imidazole rings is 1. The minimum atomic E-state index is 0.470. The molecular formula is C12H12N4S2. The molecule has 0 fully saturated rings. The van der Waals surface area contributed by atoms with Crippen LogP contribution in [0.3, 0.4) is 0 Å². The fourth-order valence-corrected chi connectivity index (χ4v) is 3.64. The first-order valence-electron chi connectivity index (χ1n) is 5.54. The van der Waals surface area contributed by atoms with Crippen molar-refractivity contribution in [1.82, 2.24) is 14.4 Å². The second kappa shape index (κ2) is 4.72. The second-order valence-electron chi connectivity index (χ2n) is 3.85. The van der Waals surface area contributed by atoms with Gasteiger partial charge in [0, 0.05) is 23.8 Å². The van der Waals surface area contributed by atoms with Crippen LogP contribution >= 0.6 is 23.1 Å². The summed E-state index contributed by atoms with van der Waals surface area (Å²) in [5.74, 6) is 0. The topological polar surface area (TPSA) is 56.2 Å². The highest BCUT2D eigenvalue weighted by atomic mass is 32.2. The molecule has 0 aliphatic heterocycles. The van der Waals surface area contributed by atoms with Crippen molar-refractivity contribution in [3.63, 3.8) is 0 Å². The molecule has 0 bridgehead atoms. The third kappa shape index (κ3) is 2.03. The molecule has 6 heteroatoms. The molecule has 3 aromatic heterocycles. The normalized spacial score (nSPS) is 11.2. The van der Waals surface area contributed by atoms with Gasteiger partial charge in [-0.15, -0.1) is 11.3 Å². The van der Waals surface area contributed by atoms with Crippen LogP contribution in [-0.4, -0.2) is 14.4 Å². The van der Waals surface area contributed by atoms with Gasteiger partial charge in [-0.3, -0.25) is 0 Å². The first-order valence-corrected chi connectivity index (χ1v) is 7.23. The first-order chi connectivity index (χ1) is 8.78. The van der Waals surface area contributed by atoms with E-state index in [-0.39, 0.29) is 0 Å². The summed E-state index contributed by atoms with van der Waals surface area (Å²) in [6, 6.07) is 5.94. The SMILES string of the molecule is Cc1csc(Sc2nc3ccccn3c2CN)n1. The number of rotatable bonds is 3. The second-order valence-corrected chi connectivity index (χ2v) is 5.95. The van der Waals surface area contributed by atoms with E-state index < -0.39 is 0 Å². The van der Waals surface area contributed by atoms with Gasteiger partial charge < -0.3 is 10.1 Å². The molecule has 0 atom stereocenters. The van der Waals surface area contributed by atoms with Gasteiger partial charge in [-0.1, -0.05) is 6.07 Å². The van der Waals surface area contributed by atoms with Crippen molar-refractivity contribution in [1.29, 1.82) is 0 Å². The number of pyridine rings is 1. The summed E-state index contributed by atoms with van der Waals surface area (Å²) in [5, 5.41) is 2.98. The maximum atomic E-state index is 5.83. The maximum absolute atomic E-state index is 5.83. The number of thiazole rings is 1. The van der Waals surface area contributed by atoms with Gasteiger partial charge in [0.25, 0.3) is 0 Å². The molecule has 0 aromatic carbocycles. The highest BCUT2D eigenvalue weighted by Crippen LogP contribution is 2.32. The van der Waals surface area contributed by atoms with Crippen LogP contribution in [-0.2, 0) is 6.54 Å². The standard InChI is InChI=1S/C12H12N4S2/c1-8-7-17-12(14-8)18-11-9(6-13)16-5-3-2-4-10(16)15-11/h2-5,7H,6,13H2,1H3. The van der Waals surface area contributed by atoms with Crippen LogP contribution in [0.4, 0.5) is 0 Å². The smallest absolute Gasteiger partial charge is 0.156 e. The Morgan fingerprint density at radius 2 is 2.28 bits per heavy atom. The van der Waals surface area contributed by atoms with E-state index >= 15 is 0 Å². The number of nitrogens with zero attached hydrogens (tertiary/aromatic N) is 3. The van der Waals surface area contributed by atoms with Crippen LogP contribution < -0.4 is 5.73 Å². The molecule has 0 unspecified atom stereocenters. The summed E-state index contributed by atoms with van der Waals surface area (Å²) < 4.78 is 3.04. The minimum absolute atomic E-state index is 0.470. The van der Waals surface area contributed by atoms with Gasteiger partial charge in [0.1, 0.15) is 10.7 Å². The molecule has 18 heavy (non-hydrogen) atoms. The lowest BCUT2D eigenvalue weighted by Gasteiger charge is -1.99. The molecule has 3 rings (SSSR count). The average Bonchev–Trinajstić information content (AvgIpc) is 2.92. The Labute approximate surface area is 113 Å². The Morgan fingerprint density at radius 1 is 1.39 bits per heavy atom. The number of fused-ring (bicyclic) bond motifs is 1. The average molecular weight is 276 g/mol. The highest BCUT2D eigenvalue weighted by Gasteiger charge is 2.13. The van der Waals surface area contributed by atoms with Crippen LogP contribution in [0, 0.1) is 6.92 Å². The van der Waals surface area contributed by atoms with Crippen LogP contribution in [0.15, 0.2) is 39.1 Å². The first kappa shape index (κ1) is 11.7. The Kier molecular flexibility index (Phi) is 3.07. The van der Waals surface area contributed by atoms with Crippen LogP contribution in [0.5, 0.6) is 0 Å². The van der Waals surface area contributed by atoms with Crippen LogP contribution in [0.2, 0.25) is 0 Å². The van der Waals surface area contributed by atoms with Crippen molar-refractivity contribution in [2.24, 2.45) is 5.73 Å². The number of nitrogens with two attached hydrogens (primary N) is 1. The van der Waals surface area contributed by atoms with Crippen molar-refractivity contribution in [2.45, 2.75) is 22.8 Å². The Morgan fingerprint density at radius 3 is 3.00 bits per heavy atom. The fraction of sp³-hybridized carbons (Fsp3) is 0.167. The van der Waals surface area contributed by atoms with Gasteiger partial charge in [0.05, 0.1) is 5.69 Å². The van der Waals surface area contributed by atoms with Crippen LogP contribution in [0.1, 0.15) is 11.4 Å². The molecule has 0 amide bonds. The molecule has 2 N–H and O–H groups in total. The van der Waals surface area contributed by atoms with Gasteiger partial charge in [-0.2, -0.15) is 0 Å². The molecule has 3 aromatic rings. The third-order valence-electron chi connectivity index (χ3n) is 2.57. The van der Waals surface area contributed by atoms with Gasteiger partial charge in [0.2, 0.25) is 0 Å². The Hall–Kier alpha value is -1.37. The number of aryl methyl sites for hydroxylation is 1. The number of aromatic nitrogens is 3. The molecule has 0 aliphatic rings. The molecule has 0 saturated heterocycles. The predicted molar refractivity (Wildman–Crippen MR) is 74.1 cm³/mol. The fourth-order valence-electron chi connectivity index (χ4n) is 1.75. The van der Waals surface area contributed by atoms with E-state index in [1.165, 1.54) is 0 Å². The summed E-state index contributed by atoms with van der Waals surface area (Å²) in [6.45, 7) is 2.46. The van der Waals surface area contributed by atoms with Crippen molar-refractivity contribution in [2.75, 3.05) is 0 Å². The summed E-state index contributed by atoms with van der Waals surface area (Å²) in [4.78, 5) is 9.04. The quantitative estimate of drug-likeness (QED) is 0.799. The monoisotopic (exact) mass is 276 g/mol. The zero-order valence-corrected chi connectivity index (χ0v) is 11.5. The Bertz CT molecular complexity index is 686. The largest absolute Gasteiger partial charge is 0.325 e. The molecule has 0 saturated carbocycles. The van der Waals surface area contributed by atoms with E-state index in [2.05, 4.69) is 9.97 Å². The van der Waals surface area contributed by atoms with E-state index in [4.69, 9.17) is 5.73 Å². The van der Waals surface area contributed by atoms with E-state index in [1.54, 1.807) is 23.1 Å². The molecule has 3 heterocycles. The van der Waals surface area contributed by atoms with Gasteiger partial charge >= 0.3 is 0 Å². The van der Waals surface area contributed by atoms with E-state index in [0.29, 0.717) is 6.54 Å². The Balaban J connectivity index is 2.05. The molecule has 0 radical (unpaired) electrons. The summed E-state index contributed by atoms with van der Waals surface area (Å²) in [7, 11) is 0. The van der Waals surface area contributed by atoms with Crippen molar-refractivity contribution in [3.05, 3.63) is 41.2 Å². The molecular weight excluding hydrogens is 264 g/mol. The number of hydrogen-bond acceptors (Lipinski definition) is 5. The predicted octanol–water partition coefficient (Wildman–Crippen LogP) is 2.71. The summed E-state index contributed by atoms with van der Waals surface area (Å²) in [5.41, 5.74) is 8.83. The maximum Gasteiger partial charge on any atom is 0.156 e. The van der Waals surface area contributed by atoms with E-state index in [9.17, 15) is 0 Å². The van der Waals surface area contributed by atoms with Crippen LogP contribution in [0.25, 0.3) is 5.65 Å². The third-order valence-corrected chi connectivity index (χ3v) is 4.64. The van der Waals surface area contributed by atoms with Crippen molar-refractivity contribution < 1.29 is 0 Å². The molecule has 0 spiro atoms. The zero-order valence-electron chi connectivity index (χ0n) is 9.83. The molecule has 0 aliphatic carbocycles. The van der Waals surface area contributed by atoms with Gasteiger partial charge in [-0.05, 0) is 30.8 Å². The lowest BCUT2D eigenvalue weighted by atomic mass is 10.4. The summed E-state index contributed by atoms with van der Waals surface area (Å²) in [6.07, 6.45) is 1.99.